The molecule has 1 atom stereocenters. The fourth-order valence-corrected chi connectivity index (χ4v) is 4.16. The highest BCUT2D eigenvalue weighted by Gasteiger charge is 2.34. The summed E-state index contributed by atoms with van der Waals surface area (Å²) in [5.41, 5.74) is 3.51. The fraction of sp³-hybridized carbons (Fsp3) is 0.250. The van der Waals surface area contributed by atoms with Crippen LogP contribution in [0.4, 0.5) is 0 Å². The highest BCUT2D eigenvalue weighted by molar-refractivity contribution is 7.80. The quantitative estimate of drug-likeness (QED) is 0.388. The topological polar surface area (TPSA) is 61.8 Å². The molecule has 0 spiro atoms. The van der Waals surface area contributed by atoms with Crippen LogP contribution in [-0.2, 0) is 6.42 Å². The van der Waals surface area contributed by atoms with E-state index in [1.807, 2.05) is 55.1 Å². The minimum atomic E-state index is -0.467. The Labute approximate surface area is 182 Å². The maximum atomic E-state index is 13.5. The lowest BCUT2D eigenvalue weighted by Crippen LogP contribution is -2.47. The number of nitrogens with zero attached hydrogens (tertiary/aromatic N) is 1. The Morgan fingerprint density at radius 3 is 2.63 bits per heavy atom. The average molecular weight is 423 g/mol. The number of carbonyl (C=O) groups excluding carboxylic acids is 1. The number of thiocarbonyl (C=S) groups is 1. The second kappa shape index (κ2) is 9.13. The molecule has 0 saturated heterocycles. The van der Waals surface area contributed by atoms with Crippen molar-refractivity contribution in [2.45, 2.75) is 26.3 Å². The van der Waals surface area contributed by atoms with Gasteiger partial charge in [0.25, 0.3) is 0 Å². The molecule has 2 N–H and O–H groups in total. The molecule has 1 heterocycles. The number of methoxy groups -OCH3 is 1. The summed E-state index contributed by atoms with van der Waals surface area (Å²) in [7, 11) is 1.51. The number of aromatic hydroxyl groups is 1. The number of hydrogen-bond donors (Lipinski definition) is 2. The van der Waals surface area contributed by atoms with Crippen LogP contribution >= 0.6 is 12.2 Å². The zero-order valence-corrected chi connectivity index (χ0v) is 18.3. The number of ether oxygens (including phenoxy) is 1. The summed E-state index contributed by atoms with van der Waals surface area (Å²) < 4.78 is 5.38. The van der Waals surface area contributed by atoms with Gasteiger partial charge in [-0.15, -0.1) is 6.58 Å². The van der Waals surface area contributed by atoms with E-state index in [4.69, 9.17) is 17.0 Å². The second-order valence-corrected chi connectivity index (χ2v) is 7.43. The number of nitrogens with one attached hydrogen (secondary N) is 1. The van der Waals surface area contributed by atoms with Crippen LogP contribution in [-0.4, -0.2) is 34.6 Å². The van der Waals surface area contributed by atoms with Crippen LogP contribution in [0.1, 0.15) is 41.4 Å². The molecule has 5 nitrogen and oxygen atoms in total. The molecular weight excluding hydrogens is 396 g/mol. The lowest BCUT2D eigenvalue weighted by atomic mass is 9.88. The number of phenolic OH excluding ortho intramolecular Hbond substituents is 1. The van der Waals surface area contributed by atoms with Crippen molar-refractivity contribution in [2.75, 3.05) is 13.7 Å². The van der Waals surface area contributed by atoms with E-state index < -0.39 is 6.04 Å². The summed E-state index contributed by atoms with van der Waals surface area (Å²) in [5, 5.41) is 14.4. The van der Waals surface area contributed by atoms with Crippen molar-refractivity contribution in [3.63, 3.8) is 0 Å². The molecule has 0 bridgehead atoms. The van der Waals surface area contributed by atoms with Crippen molar-refractivity contribution in [3.05, 3.63) is 83.1 Å². The first-order chi connectivity index (χ1) is 14.4. The smallest absolute Gasteiger partial charge is 0.193 e. The maximum Gasteiger partial charge on any atom is 0.193 e. The second-order valence-electron chi connectivity index (χ2n) is 7.04. The molecule has 0 radical (unpaired) electrons. The normalized spacial score (nSPS) is 16.3. The number of phenols is 1. The molecule has 156 valence electrons. The highest BCUT2D eigenvalue weighted by atomic mass is 32.1. The van der Waals surface area contributed by atoms with Gasteiger partial charge in [-0.05, 0) is 50.2 Å². The van der Waals surface area contributed by atoms with Gasteiger partial charge in [0.1, 0.15) is 0 Å². The van der Waals surface area contributed by atoms with Gasteiger partial charge in [0.2, 0.25) is 0 Å². The third kappa shape index (κ3) is 3.96. The van der Waals surface area contributed by atoms with Gasteiger partial charge in [0, 0.05) is 28.9 Å². The van der Waals surface area contributed by atoms with Crippen molar-refractivity contribution >= 4 is 23.1 Å². The fourth-order valence-electron chi connectivity index (χ4n) is 3.77. The molecule has 3 rings (SSSR count). The van der Waals surface area contributed by atoms with Crippen molar-refractivity contribution < 1.29 is 14.6 Å². The summed E-state index contributed by atoms with van der Waals surface area (Å²) >= 11 is 5.58. The number of hydrogen-bond acceptors (Lipinski definition) is 4. The number of carbonyl (C=O) groups is 1. The van der Waals surface area contributed by atoms with Crippen molar-refractivity contribution in [1.82, 2.24) is 10.2 Å². The minimum Gasteiger partial charge on any atom is -0.504 e. The SMILES string of the molecule is C=CCc1cc(C2NC(=S)N(CC)C(C)=C2C(=O)c2ccccc2)cc(OC)c1O. The number of Topliss-reactive ketones (excluding diaryl/α,β-unsaturated/α-hetero) is 1. The Kier molecular flexibility index (Phi) is 6.57. The van der Waals surface area contributed by atoms with Crippen LogP contribution in [0.2, 0.25) is 0 Å². The molecule has 0 saturated carbocycles. The van der Waals surface area contributed by atoms with Gasteiger partial charge in [-0.1, -0.05) is 36.4 Å². The first kappa shape index (κ1) is 21.6. The Morgan fingerprint density at radius 1 is 1.33 bits per heavy atom. The summed E-state index contributed by atoms with van der Waals surface area (Å²) in [6.07, 6.45) is 2.19. The molecule has 2 aromatic rings. The van der Waals surface area contributed by atoms with Crippen molar-refractivity contribution in [1.29, 1.82) is 0 Å². The van der Waals surface area contributed by atoms with Gasteiger partial charge < -0.3 is 20.1 Å². The van der Waals surface area contributed by atoms with E-state index in [1.54, 1.807) is 12.1 Å². The van der Waals surface area contributed by atoms with Crippen LogP contribution in [0.25, 0.3) is 0 Å². The van der Waals surface area contributed by atoms with Gasteiger partial charge >= 0.3 is 0 Å². The lowest BCUT2D eigenvalue weighted by Gasteiger charge is -2.37. The Morgan fingerprint density at radius 2 is 2.03 bits per heavy atom. The molecule has 1 unspecified atom stereocenters. The molecule has 0 aromatic heterocycles. The predicted octanol–water partition coefficient (Wildman–Crippen LogP) is 4.54. The van der Waals surface area contributed by atoms with Gasteiger partial charge in [0.05, 0.1) is 13.2 Å². The average Bonchev–Trinajstić information content (AvgIpc) is 2.75. The Balaban J connectivity index is 2.20. The van der Waals surface area contributed by atoms with Gasteiger partial charge in [-0.25, -0.2) is 0 Å². The predicted molar refractivity (Wildman–Crippen MR) is 123 cm³/mol. The molecule has 2 aromatic carbocycles. The monoisotopic (exact) mass is 422 g/mol. The van der Waals surface area contributed by atoms with Crippen LogP contribution in [0, 0.1) is 0 Å². The Bertz CT molecular complexity index is 1010. The molecule has 0 amide bonds. The number of allylic oxidation sites excluding steroid dienone is 2. The highest BCUT2D eigenvalue weighted by Crippen LogP contribution is 2.39. The standard InChI is InChI=1S/C24H26N2O3S/c1-5-10-17-13-18(14-19(29-4)22(17)27)21-20(15(3)26(6-2)24(30)25-21)23(28)16-11-8-7-9-12-16/h5,7-9,11-14,21,27H,1,6,10H2,2-4H3,(H,25,30). The Hall–Kier alpha value is -3.12. The zero-order chi connectivity index (χ0) is 21.8. The van der Waals surface area contributed by atoms with E-state index in [-0.39, 0.29) is 11.5 Å². The summed E-state index contributed by atoms with van der Waals surface area (Å²) in [6.45, 7) is 8.33. The van der Waals surface area contributed by atoms with E-state index >= 15 is 0 Å². The lowest BCUT2D eigenvalue weighted by molar-refractivity contribution is 0.102. The molecule has 1 aliphatic rings. The van der Waals surface area contributed by atoms with Gasteiger partial charge in [-0.2, -0.15) is 0 Å². The van der Waals surface area contributed by atoms with Crippen LogP contribution < -0.4 is 10.1 Å². The van der Waals surface area contributed by atoms with Crippen LogP contribution in [0.3, 0.4) is 0 Å². The maximum absolute atomic E-state index is 13.5. The van der Waals surface area contributed by atoms with E-state index in [0.717, 1.165) is 11.3 Å². The first-order valence-corrected chi connectivity index (χ1v) is 10.2. The zero-order valence-electron chi connectivity index (χ0n) is 17.4. The summed E-state index contributed by atoms with van der Waals surface area (Å²) in [5.74, 6) is 0.356. The minimum absolute atomic E-state index is 0.0659. The van der Waals surface area contributed by atoms with Gasteiger partial charge in [-0.3, -0.25) is 4.79 Å². The van der Waals surface area contributed by atoms with E-state index in [9.17, 15) is 9.90 Å². The van der Waals surface area contributed by atoms with Crippen molar-refractivity contribution in [3.8, 4) is 11.5 Å². The third-order valence-electron chi connectivity index (χ3n) is 5.29. The molecule has 30 heavy (non-hydrogen) atoms. The number of ketones is 1. The van der Waals surface area contributed by atoms with Crippen LogP contribution in [0.15, 0.2) is 66.4 Å². The third-order valence-corrected chi connectivity index (χ3v) is 5.63. The molecule has 0 aliphatic carbocycles. The van der Waals surface area contributed by atoms with E-state index in [2.05, 4.69) is 11.9 Å². The molecular formula is C24H26N2O3S. The summed E-state index contributed by atoms with van der Waals surface area (Å²) in [6, 6.07) is 12.3. The van der Waals surface area contributed by atoms with Crippen LogP contribution in [0.5, 0.6) is 11.5 Å². The van der Waals surface area contributed by atoms with E-state index in [1.165, 1.54) is 7.11 Å². The molecule has 0 fully saturated rings. The molecule has 6 heteroatoms. The largest absolute Gasteiger partial charge is 0.504 e. The van der Waals surface area contributed by atoms with Gasteiger partial charge in [0.15, 0.2) is 22.4 Å². The van der Waals surface area contributed by atoms with E-state index in [0.29, 0.717) is 40.5 Å². The number of rotatable bonds is 7. The first-order valence-electron chi connectivity index (χ1n) is 9.82. The number of benzene rings is 2. The van der Waals surface area contributed by atoms with Crippen molar-refractivity contribution in [2.24, 2.45) is 0 Å². The summed E-state index contributed by atoms with van der Waals surface area (Å²) in [4.78, 5) is 15.5. The molecule has 1 aliphatic heterocycles.